The van der Waals surface area contributed by atoms with Crippen molar-refractivity contribution in [2.24, 2.45) is 0 Å². The molecule has 2 aromatic rings. The van der Waals surface area contributed by atoms with E-state index in [4.69, 9.17) is 0 Å². The number of carbonyl (C=O) groups is 2. The third-order valence-corrected chi connectivity index (χ3v) is 5.49. The molecule has 3 rings (SSSR count). The van der Waals surface area contributed by atoms with Gasteiger partial charge in [0.1, 0.15) is 11.5 Å². The van der Waals surface area contributed by atoms with Crippen LogP contribution in [-0.2, 0) is 0 Å². The van der Waals surface area contributed by atoms with Crippen LogP contribution in [0.15, 0.2) is 42.6 Å². The normalized spacial score (nSPS) is 14.4. The van der Waals surface area contributed by atoms with E-state index < -0.39 is 5.82 Å². The molecule has 1 saturated heterocycles. The molecule has 30 heavy (non-hydrogen) atoms. The van der Waals surface area contributed by atoms with Crippen molar-refractivity contribution in [2.75, 3.05) is 31.6 Å². The van der Waals surface area contributed by atoms with Gasteiger partial charge < -0.3 is 15.1 Å². The lowest BCUT2D eigenvalue weighted by Gasteiger charge is -2.32. The first-order chi connectivity index (χ1) is 14.5. The van der Waals surface area contributed by atoms with E-state index in [-0.39, 0.29) is 23.4 Å². The molecular formula is C23H29FN4O2. The lowest BCUT2D eigenvalue weighted by Crippen LogP contribution is -2.46. The third-order valence-electron chi connectivity index (χ3n) is 5.49. The van der Waals surface area contributed by atoms with Crippen LogP contribution < -0.4 is 10.2 Å². The van der Waals surface area contributed by atoms with E-state index in [1.165, 1.54) is 12.1 Å². The van der Waals surface area contributed by atoms with Gasteiger partial charge in [0, 0.05) is 44.6 Å². The molecule has 2 amide bonds. The monoisotopic (exact) mass is 412 g/mol. The van der Waals surface area contributed by atoms with E-state index in [9.17, 15) is 14.0 Å². The Balaban J connectivity index is 1.54. The van der Waals surface area contributed by atoms with Crippen LogP contribution in [0.25, 0.3) is 0 Å². The molecule has 1 N–H and O–H groups in total. The third kappa shape index (κ3) is 5.34. The fourth-order valence-corrected chi connectivity index (χ4v) is 3.60. The van der Waals surface area contributed by atoms with Crippen LogP contribution in [0.1, 0.15) is 53.5 Å². The van der Waals surface area contributed by atoms with Gasteiger partial charge in [-0.1, -0.05) is 25.5 Å². The summed E-state index contributed by atoms with van der Waals surface area (Å²) in [5.74, 6) is -1.02. The number of unbranched alkanes of at least 4 members (excludes halogenated alkanes) is 1. The number of hydrogen-bond acceptors (Lipinski definition) is 4. The Kier molecular flexibility index (Phi) is 7.38. The molecule has 1 aliphatic heterocycles. The summed E-state index contributed by atoms with van der Waals surface area (Å²) in [5, 5.41) is 3.02. The zero-order chi connectivity index (χ0) is 21.5. The Morgan fingerprint density at radius 3 is 2.67 bits per heavy atom. The van der Waals surface area contributed by atoms with Crippen molar-refractivity contribution in [3.8, 4) is 0 Å². The Hall–Kier alpha value is -2.96. The predicted molar refractivity (Wildman–Crippen MR) is 115 cm³/mol. The van der Waals surface area contributed by atoms with Crippen LogP contribution in [0.2, 0.25) is 0 Å². The number of rotatable bonds is 7. The molecule has 1 fully saturated rings. The number of piperidine rings is 1. The maximum absolute atomic E-state index is 13.9. The minimum atomic E-state index is -0.507. The van der Waals surface area contributed by atoms with Gasteiger partial charge in [0.05, 0.1) is 5.56 Å². The van der Waals surface area contributed by atoms with Crippen molar-refractivity contribution in [1.29, 1.82) is 0 Å². The predicted octanol–water partition coefficient (Wildman–Crippen LogP) is 3.49. The summed E-state index contributed by atoms with van der Waals surface area (Å²) in [4.78, 5) is 33.2. The van der Waals surface area contributed by atoms with E-state index in [0.29, 0.717) is 31.6 Å². The van der Waals surface area contributed by atoms with Gasteiger partial charge in [-0.3, -0.25) is 14.6 Å². The van der Waals surface area contributed by atoms with Crippen LogP contribution in [-0.4, -0.2) is 54.4 Å². The molecule has 160 valence electrons. The molecule has 0 atom stereocenters. The highest BCUT2D eigenvalue weighted by atomic mass is 19.1. The van der Waals surface area contributed by atoms with Crippen LogP contribution in [0.5, 0.6) is 0 Å². The van der Waals surface area contributed by atoms with Crippen LogP contribution in [0.3, 0.4) is 0 Å². The largest absolute Gasteiger partial charge is 0.374 e. The summed E-state index contributed by atoms with van der Waals surface area (Å²) >= 11 is 0. The number of halogens is 1. The molecule has 0 bridgehead atoms. The van der Waals surface area contributed by atoms with Crippen LogP contribution >= 0.6 is 0 Å². The first-order valence-corrected chi connectivity index (χ1v) is 10.5. The second-order valence-corrected chi connectivity index (χ2v) is 7.69. The molecule has 1 aromatic heterocycles. The van der Waals surface area contributed by atoms with Crippen molar-refractivity contribution < 1.29 is 14.0 Å². The van der Waals surface area contributed by atoms with Crippen molar-refractivity contribution in [2.45, 2.75) is 38.6 Å². The molecular weight excluding hydrogens is 383 g/mol. The Bertz CT molecular complexity index is 881. The quantitative estimate of drug-likeness (QED) is 0.756. The van der Waals surface area contributed by atoms with Gasteiger partial charge >= 0.3 is 0 Å². The van der Waals surface area contributed by atoms with E-state index >= 15 is 0 Å². The molecule has 0 unspecified atom stereocenters. The Morgan fingerprint density at radius 1 is 1.23 bits per heavy atom. The number of pyridine rings is 1. The molecule has 6 nitrogen and oxygen atoms in total. The topological polar surface area (TPSA) is 65.5 Å². The van der Waals surface area contributed by atoms with Gasteiger partial charge in [0.2, 0.25) is 0 Å². The highest BCUT2D eigenvalue weighted by Crippen LogP contribution is 2.17. The van der Waals surface area contributed by atoms with E-state index in [2.05, 4.69) is 22.1 Å². The fraction of sp³-hybridized carbons (Fsp3) is 0.435. The summed E-state index contributed by atoms with van der Waals surface area (Å²) in [6.07, 6.45) is 5.11. The number of carbonyl (C=O) groups excluding carboxylic acids is 2. The molecule has 0 saturated carbocycles. The molecule has 0 spiro atoms. The van der Waals surface area contributed by atoms with Crippen LogP contribution in [0.4, 0.5) is 10.1 Å². The molecule has 0 aliphatic carbocycles. The molecule has 1 aromatic carbocycles. The van der Waals surface area contributed by atoms with Gasteiger partial charge in [0.25, 0.3) is 11.8 Å². The van der Waals surface area contributed by atoms with Gasteiger partial charge in [-0.2, -0.15) is 0 Å². The number of aromatic nitrogens is 1. The lowest BCUT2D eigenvalue weighted by atomic mass is 10.0. The van der Waals surface area contributed by atoms with Gasteiger partial charge in [-0.05, 0) is 43.5 Å². The zero-order valence-electron chi connectivity index (χ0n) is 17.6. The first-order valence-electron chi connectivity index (χ1n) is 10.5. The summed E-state index contributed by atoms with van der Waals surface area (Å²) in [5.41, 5.74) is 1.45. The average Bonchev–Trinajstić information content (AvgIpc) is 2.78. The summed E-state index contributed by atoms with van der Waals surface area (Å²) in [6.45, 7) is 4.03. The number of nitrogens with one attached hydrogen (secondary N) is 1. The Labute approximate surface area is 177 Å². The second-order valence-electron chi connectivity index (χ2n) is 7.69. The van der Waals surface area contributed by atoms with E-state index in [0.717, 1.165) is 25.1 Å². The second kappa shape index (κ2) is 10.2. The highest BCUT2D eigenvalue weighted by Gasteiger charge is 2.26. The maximum atomic E-state index is 13.9. The minimum Gasteiger partial charge on any atom is -0.374 e. The van der Waals surface area contributed by atoms with Gasteiger partial charge in [-0.25, -0.2) is 4.39 Å². The highest BCUT2D eigenvalue weighted by molar-refractivity contribution is 5.95. The van der Waals surface area contributed by atoms with Crippen molar-refractivity contribution >= 4 is 17.5 Å². The average molecular weight is 413 g/mol. The Morgan fingerprint density at radius 2 is 1.97 bits per heavy atom. The SMILES string of the molecule is CCCCN(C)c1ccnc(C(=O)NC2CCN(C(=O)c3ccccc3F)CC2)c1. The van der Waals surface area contributed by atoms with E-state index in [1.807, 2.05) is 19.2 Å². The molecule has 2 heterocycles. The number of likely N-dealkylation sites (tertiary alicyclic amines) is 1. The van der Waals surface area contributed by atoms with Crippen LogP contribution in [0, 0.1) is 5.82 Å². The summed E-state index contributed by atoms with van der Waals surface area (Å²) < 4.78 is 13.9. The smallest absolute Gasteiger partial charge is 0.270 e. The fourth-order valence-electron chi connectivity index (χ4n) is 3.60. The van der Waals surface area contributed by atoms with Crippen molar-refractivity contribution in [3.05, 3.63) is 59.7 Å². The summed E-state index contributed by atoms with van der Waals surface area (Å²) in [7, 11) is 2.01. The van der Waals surface area contributed by atoms with Gasteiger partial charge in [-0.15, -0.1) is 0 Å². The maximum Gasteiger partial charge on any atom is 0.270 e. The first kappa shape index (κ1) is 21.7. The van der Waals surface area contributed by atoms with Gasteiger partial charge in [0.15, 0.2) is 0 Å². The van der Waals surface area contributed by atoms with Crippen molar-refractivity contribution in [1.82, 2.24) is 15.2 Å². The van der Waals surface area contributed by atoms with E-state index in [1.54, 1.807) is 23.2 Å². The molecule has 1 aliphatic rings. The molecule has 7 heteroatoms. The van der Waals surface area contributed by atoms with Crippen molar-refractivity contribution in [3.63, 3.8) is 0 Å². The lowest BCUT2D eigenvalue weighted by molar-refractivity contribution is 0.0693. The minimum absolute atomic E-state index is 0.0366. The number of hydrogen-bond donors (Lipinski definition) is 1. The summed E-state index contributed by atoms with van der Waals surface area (Å²) in [6, 6.07) is 9.69. The number of nitrogens with zero attached hydrogens (tertiary/aromatic N) is 3. The standard InChI is InChI=1S/C23H29FN4O2/c1-3-4-13-27(2)18-9-12-25-21(16-18)22(29)26-17-10-14-28(15-11-17)23(30)19-7-5-6-8-20(19)24/h5-9,12,16-17H,3-4,10-11,13-15H2,1-2H3,(H,26,29). The number of benzene rings is 1. The molecule has 0 radical (unpaired) electrons. The zero-order valence-corrected chi connectivity index (χ0v) is 17.6. The number of amides is 2. The number of anilines is 1.